The zero-order chi connectivity index (χ0) is 73.4. The molecule has 2 unspecified atom stereocenters. The molecule has 17 nitrogen and oxygen atoms in total. The lowest BCUT2D eigenvalue weighted by Gasteiger charge is -2.21. The molecular formula is C81H158O17P2. The molecule has 0 saturated carbocycles. The Hall–Kier alpha value is -1.94. The standard InChI is InChI=1S/C81H158O17P2/c1-6-9-12-15-18-21-24-26-28-30-31-32-33-34-36-38-40-42-45-51-56-61-66-80(85)97-76(70-92-79(84)65-60-55-50-44-41-39-37-35-29-27-25-22-19-16-13-10-7-2)72-95-99(87,88)93-68-75(82)69-94-100(89,90)96-73-77(71-91-78(83)64-59-54-49-43-23-20-17-14-11-8-3)98-81(86)67-62-57-52-47-46-48-53-58-63-74(4)5/h74-77,82H,6-73H2,1-5H3,(H,87,88)(H,89,90)/t75-,76-,77-/m1/s1. The van der Waals surface area contributed by atoms with Gasteiger partial charge in [-0.2, -0.15) is 0 Å². The monoisotopic (exact) mass is 1470 g/mol. The molecule has 5 atom stereocenters. The van der Waals surface area contributed by atoms with Crippen molar-refractivity contribution in [2.45, 2.75) is 451 Å². The van der Waals surface area contributed by atoms with E-state index in [1.807, 2.05) is 0 Å². The van der Waals surface area contributed by atoms with Gasteiger partial charge in [-0.05, 0) is 31.6 Å². The van der Waals surface area contributed by atoms with Crippen molar-refractivity contribution >= 4 is 39.5 Å². The van der Waals surface area contributed by atoms with Crippen molar-refractivity contribution < 1.29 is 80.2 Å². The number of rotatable bonds is 81. The van der Waals surface area contributed by atoms with Crippen molar-refractivity contribution in [1.82, 2.24) is 0 Å². The Labute approximate surface area is 613 Å². The molecule has 3 N–H and O–H groups in total. The zero-order valence-corrected chi connectivity index (χ0v) is 67.1. The van der Waals surface area contributed by atoms with E-state index in [2.05, 4.69) is 34.6 Å². The minimum atomic E-state index is -4.96. The molecule has 0 aliphatic carbocycles. The summed E-state index contributed by atoms with van der Waals surface area (Å²) >= 11 is 0. The molecule has 100 heavy (non-hydrogen) atoms. The Morgan fingerprint density at radius 3 is 0.680 bits per heavy atom. The summed E-state index contributed by atoms with van der Waals surface area (Å²) in [5.41, 5.74) is 0. The van der Waals surface area contributed by atoms with Crippen LogP contribution in [0.3, 0.4) is 0 Å². The third kappa shape index (κ3) is 74.3. The third-order valence-corrected chi connectivity index (χ3v) is 20.9. The van der Waals surface area contributed by atoms with E-state index in [-0.39, 0.29) is 25.7 Å². The highest BCUT2D eigenvalue weighted by molar-refractivity contribution is 7.47. The molecule has 0 saturated heterocycles. The summed E-state index contributed by atoms with van der Waals surface area (Å²) in [7, 11) is -9.91. The number of aliphatic hydroxyl groups is 1. The molecule has 0 rings (SSSR count). The van der Waals surface area contributed by atoms with Crippen LogP contribution >= 0.6 is 15.6 Å². The van der Waals surface area contributed by atoms with Gasteiger partial charge in [-0.15, -0.1) is 0 Å². The first-order valence-corrected chi connectivity index (χ1v) is 45.1. The second-order valence-electron chi connectivity index (χ2n) is 29.6. The van der Waals surface area contributed by atoms with Crippen LogP contribution < -0.4 is 0 Å². The molecule has 19 heteroatoms. The van der Waals surface area contributed by atoms with E-state index in [0.29, 0.717) is 25.7 Å². The van der Waals surface area contributed by atoms with Gasteiger partial charge in [0.05, 0.1) is 26.4 Å². The molecule has 0 radical (unpaired) electrons. The SMILES string of the molecule is CCCCCCCCCCCCCCCCCCCCCCCCC(=O)O[C@H](COC(=O)CCCCCCCCCCCCCCCCCCC)COP(=O)(O)OC[C@@H](O)COP(=O)(O)OC[C@@H](COC(=O)CCCCCCCCCCCC)OC(=O)CCCCCCCCCCC(C)C. The first-order valence-electron chi connectivity index (χ1n) is 42.1. The van der Waals surface area contributed by atoms with Gasteiger partial charge in [0, 0.05) is 25.7 Å². The highest BCUT2D eigenvalue weighted by atomic mass is 31.2. The fourth-order valence-electron chi connectivity index (χ4n) is 12.6. The number of carbonyl (C=O) groups is 4. The van der Waals surface area contributed by atoms with Gasteiger partial charge >= 0.3 is 39.5 Å². The molecular weight excluding hydrogens is 1310 g/mol. The Bertz CT molecular complexity index is 1910. The van der Waals surface area contributed by atoms with Crippen LogP contribution in [0.5, 0.6) is 0 Å². The van der Waals surface area contributed by atoms with Crippen molar-refractivity contribution in [3.8, 4) is 0 Å². The average Bonchev–Trinajstić information content (AvgIpc) is 0.934. The fourth-order valence-corrected chi connectivity index (χ4v) is 14.2. The van der Waals surface area contributed by atoms with Crippen molar-refractivity contribution in [3.63, 3.8) is 0 Å². The van der Waals surface area contributed by atoms with Gasteiger partial charge in [-0.3, -0.25) is 37.3 Å². The zero-order valence-electron chi connectivity index (χ0n) is 65.3. The molecule has 0 aromatic heterocycles. The van der Waals surface area contributed by atoms with Crippen LogP contribution in [-0.2, 0) is 65.4 Å². The van der Waals surface area contributed by atoms with Gasteiger partial charge in [0.2, 0.25) is 0 Å². The third-order valence-electron chi connectivity index (χ3n) is 19.0. The maximum absolute atomic E-state index is 13.1. The lowest BCUT2D eigenvalue weighted by Crippen LogP contribution is -2.30. The predicted molar refractivity (Wildman–Crippen MR) is 409 cm³/mol. The molecule has 0 aromatic carbocycles. The Morgan fingerprint density at radius 2 is 0.460 bits per heavy atom. The number of esters is 4. The number of unbranched alkanes of at least 4 members (excludes halogenated alkanes) is 53. The van der Waals surface area contributed by atoms with E-state index in [1.54, 1.807) is 0 Å². The molecule has 0 bridgehead atoms. The second kappa shape index (κ2) is 73.9. The summed E-state index contributed by atoms with van der Waals surface area (Å²) in [6, 6.07) is 0. The van der Waals surface area contributed by atoms with E-state index in [9.17, 15) is 43.2 Å². The molecule has 0 spiro atoms. The van der Waals surface area contributed by atoms with E-state index in [0.717, 1.165) is 95.8 Å². The number of hydrogen-bond donors (Lipinski definition) is 3. The highest BCUT2D eigenvalue weighted by Gasteiger charge is 2.30. The van der Waals surface area contributed by atoms with Crippen LogP contribution in [0.1, 0.15) is 433 Å². The summed E-state index contributed by atoms with van der Waals surface area (Å²) in [6.07, 6.45) is 65.4. The summed E-state index contributed by atoms with van der Waals surface area (Å²) in [5.74, 6) is -1.39. The van der Waals surface area contributed by atoms with Crippen LogP contribution in [0, 0.1) is 5.92 Å². The van der Waals surface area contributed by atoms with Crippen LogP contribution in [0.25, 0.3) is 0 Å². The number of carbonyl (C=O) groups excluding carboxylic acids is 4. The smallest absolute Gasteiger partial charge is 0.462 e. The summed E-state index contributed by atoms with van der Waals surface area (Å²) in [4.78, 5) is 72.9. The van der Waals surface area contributed by atoms with Crippen LogP contribution in [0.15, 0.2) is 0 Å². The summed E-state index contributed by atoms with van der Waals surface area (Å²) < 4.78 is 68.6. The van der Waals surface area contributed by atoms with Gasteiger partial charge in [-0.25, -0.2) is 9.13 Å². The molecule has 594 valence electrons. The normalized spacial score (nSPS) is 13.8. The maximum atomic E-state index is 13.1. The van der Waals surface area contributed by atoms with Crippen molar-refractivity contribution in [2.24, 2.45) is 5.92 Å². The van der Waals surface area contributed by atoms with Crippen molar-refractivity contribution in [2.75, 3.05) is 39.6 Å². The average molecular weight is 1470 g/mol. The van der Waals surface area contributed by atoms with Crippen molar-refractivity contribution in [1.29, 1.82) is 0 Å². The highest BCUT2D eigenvalue weighted by Crippen LogP contribution is 2.45. The number of ether oxygens (including phenoxy) is 4. The van der Waals surface area contributed by atoms with Gasteiger partial charge in [0.25, 0.3) is 0 Å². The fraction of sp³-hybridized carbons (Fsp3) is 0.951. The van der Waals surface area contributed by atoms with Gasteiger partial charge in [-0.1, -0.05) is 381 Å². The summed E-state index contributed by atoms with van der Waals surface area (Å²) in [5, 5.41) is 10.6. The molecule has 0 heterocycles. The summed E-state index contributed by atoms with van der Waals surface area (Å²) in [6.45, 7) is 7.27. The van der Waals surface area contributed by atoms with Gasteiger partial charge in [0.15, 0.2) is 12.2 Å². The molecule has 0 aliphatic rings. The van der Waals surface area contributed by atoms with Crippen LogP contribution in [0.2, 0.25) is 0 Å². The number of aliphatic hydroxyl groups excluding tert-OH is 1. The van der Waals surface area contributed by atoms with E-state index < -0.39 is 97.5 Å². The largest absolute Gasteiger partial charge is 0.472 e. The minimum Gasteiger partial charge on any atom is -0.462 e. The lowest BCUT2D eigenvalue weighted by molar-refractivity contribution is -0.161. The topological polar surface area (TPSA) is 237 Å². The maximum Gasteiger partial charge on any atom is 0.472 e. The Kier molecular flexibility index (Phi) is 72.5. The molecule has 0 fully saturated rings. The number of phosphoric ester groups is 2. The lowest BCUT2D eigenvalue weighted by atomic mass is 10.0. The van der Waals surface area contributed by atoms with Crippen LogP contribution in [-0.4, -0.2) is 96.7 Å². The molecule has 0 aromatic rings. The van der Waals surface area contributed by atoms with Gasteiger partial charge in [0.1, 0.15) is 19.3 Å². The first kappa shape index (κ1) is 98.1. The first-order chi connectivity index (χ1) is 48.5. The molecule has 0 amide bonds. The number of hydrogen-bond acceptors (Lipinski definition) is 15. The minimum absolute atomic E-state index is 0.105. The Balaban J connectivity index is 5.19. The quantitative estimate of drug-likeness (QED) is 0.0222. The van der Waals surface area contributed by atoms with E-state index in [1.165, 1.54) is 257 Å². The van der Waals surface area contributed by atoms with Crippen LogP contribution in [0.4, 0.5) is 0 Å². The van der Waals surface area contributed by atoms with E-state index >= 15 is 0 Å². The van der Waals surface area contributed by atoms with E-state index in [4.69, 9.17) is 37.0 Å². The second-order valence-corrected chi connectivity index (χ2v) is 32.5. The predicted octanol–water partition coefficient (Wildman–Crippen LogP) is 24.4. The molecule has 0 aliphatic heterocycles. The Morgan fingerprint density at radius 1 is 0.270 bits per heavy atom. The van der Waals surface area contributed by atoms with Gasteiger partial charge < -0.3 is 33.8 Å². The number of phosphoric acid groups is 2. The van der Waals surface area contributed by atoms with Crippen molar-refractivity contribution in [3.05, 3.63) is 0 Å².